The Morgan fingerprint density at radius 2 is 2.00 bits per heavy atom. The number of amides is 1. The summed E-state index contributed by atoms with van der Waals surface area (Å²) >= 11 is 0. The number of para-hydroxylation sites is 1. The summed E-state index contributed by atoms with van der Waals surface area (Å²) in [5.74, 6) is -0.256. The third kappa shape index (κ3) is 4.46. The van der Waals surface area contributed by atoms with E-state index in [-0.39, 0.29) is 5.91 Å². The number of nitrogens with zero attached hydrogens (tertiary/aromatic N) is 1. The molecule has 1 aromatic carbocycles. The topological polar surface area (TPSA) is 58.4 Å². The van der Waals surface area contributed by atoms with E-state index in [9.17, 15) is 4.79 Å². The van der Waals surface area contributed by atoms with Crippen molar-refractivity contribution in [1.82, 2.24) is 5.32 Å². The van der Waals surface area contributed by atoms with Crippen molar-refractivity contribution in [3.63, 3.8) is 0 Å². The highest BCUT2D eigenvalue weighted by molar-refractivity contribution is 5.80. The lowest BCUT2D eigenvalue weighted by molar-refractivity contribution is -0.116. The van der Waals surface area contributed by atoms with Crippen molar-refractivity contribution in [2.24, 2.45) is 5.73 Å². The van der Waals surface area contributed by atoms with E-state index in [1.165, 1.54) is 18.4 Å². The molecule has 0 radical (unpaired) electrons. The SMILES string of the molecule is CC(C)NCc1ccccc1N(CC(N)=O)C1CCCC1. The molecule has 0 bridgehead atoms. The number of nitrogens with two attached hydrogens (primary N) is 1. The van der Waals surface area contributed by atoms with Crippen molar-refractivity contribution in [1.29, 1.82) is 0 Å². The normalized spacial score (nSPS) is 15.6. The minimum absolute atomic E-state index is 0.256. The van der Waals surface area contributed by atoms with Gasteiger partial charge in [0.25, 0.3) is 0 Å². The van der Waals surface area contributed by atoms with Gasteiger partial charge in [-0.25, -0.2) is 0 Å². The van der Waals surface area contributed by atoms with Gasteiger partial charge in [-0.15, -0.1) is 0 Å². The van der Waals surface area contributed by atoms with Gasteiger partial charge in [-0.1, -0.05) is 44.9 Å². The Kier molecular flexibility index (Phi) is 5.62. The average molecular weight is 289 g/mol. The van der Waals surface area contributed by atoms with Crippen LogP contribution in [0.25, 0.3) is 0 Å². The Morgan fingerprint density at radius 3 is 2.62 bits per heavy atom. The Labute approximate surface area is 127 Å². The Hall–Kier alpha value is -1.55. The first-order chi connectivity index (χ1) is 10.1. The van der Waals surface area contributed by atoms with Crippen molar-refractivity contribution in [3.05, 3.63) is 29.8 Å². The van der Waals surface area contributed by atoms with Crippen LogP contribution < -0.4 is 16.0 Å². The van der Waals surface area contributed by atoms with Gasteiger partial charge >= 0.3 is 0 Å². The van der Waals surface area contributed by atoms with Gasteiger partial charge in [0, 0.05) is 24.3 Å². The number of benzene rings is 1. The van der Waals surface area contributed by atoms with E-state index in [2.05, 4.69) is 42.3 Å². The maximum absolute atomic E-state index is 11.5. The van der Waals surface area contributed by atoms with E-state index in [0.29, 0.717) is 18.6 Å². The van der Waals surface area contributed by atoms with Crippen LogP contribution in [0.15, 0.2) is 24.3 Å². The van der Waals surface area contributed by atoms with Gasteiger partial charge in [-0.05, 0) is 24.5 Å². The highest BCUT2D eigenvalue weighted by Crippen LogP contribution is 2.30. The maximum atomic E-state index is 11.5. The zero-order valence-corrected chi connectivity index (χ0v) is 13.1. The van der Waals surface area contributed by atoms with Gasteiger partial charge in [0.1, 0.15) is 0 Å². The van der Waals surface area contributed by atoms with Crippen LogP contribution in [0.5, 0.6) is 0 Å². The molecule has 0 aliphatic heterocycles. The van der Waals surface area contributed by atoms with Crippen LogP contribution >= 0.6 is 0 Å². The minimum atomic E-state index is -0.256. The van der Waals surface area contributed by atoms with Gasteiger partial charge in [0.15, 0.2) is 0 Å². The molecular weight excluding hydrogens is 262 g/mol. The lowest BCUT2D eigenvalue weighted by Crippen LogP contribution is -2.41. The molecule has 3 N–H and O–H groups in total. The van der Waals surface area contributed by atoms with Crippen LogP contribution in [0.2, 0.25) is 0 Å². The summed E-state index contributed by atoms with van der Waals surface area (Å²) < 4.78 is 0. The largest absolute Gasteiger partial charge is 0.368 e. The fraction of sp³-hybridized carbons (Fsp3) is 0.588. The molecule has 1 amide bonds. The van der Waals surface area contributed by atoms with Crippen LogP contribution in [0.4, 0.5) is 5.69 Å². The third-order valence-corrected chi connectivity index (χ3v) is 4.09. The molecular formula is C17H27N3O. The molecule has 4 nitrogen and oxygen atoms in total. The monoisotopic (exact) mass is 289 g/mol. The molecule has 0 saturated heterocycles. The van der Waals surface area contributed by atoms with Crippen molar-refractivity contribution >= 4 is 11.6 Å². The zero-order chi connectivity index (χ0) is 15.2. The molecule has 2 rings (SSSR count). The van der Waals surface area contributed by atoms with Gasteiger partial charge in [-0.3, -0.25) is 4.79 Å². The Morgan fingerprint density at radius 1 is 1.33 bits per heavy atom. The van der Waals surface area contributed by atoms with E-state index in [0.717, 1.165) is 25.1 Å². The number of primary amides is 1. The molecule has 1 saturated carbocycles. The van der Waals surface area contributed by atoms with Crippen molar-refractivity contribution < 1.29 is 4.79 Å². The van der Waals surface area contributed by atoms with E-state index in [4.69, 9.17) is 5.73 Å². The first-order valence-corrected chi connectivity index (χ1v) is 7.94. The molecule has 0 aromatic heterocycles. The molecule has 4 heteroatoms. The molecule has 1 fully saturated rings. The number of carbonyl (C=O) groups excluding carboxylic acids is 1. The predicted molar refractivity (Wildman–Crippen MR) is 87.2 cm³/mol. The Bertz CT molecular complexity index is 467. The lowest BCUT2D eigenvalue weighted by atomic mass is 10.1. The predicted octanol–water partition coefficient (Wildman–Crippen LogP) is 2.42. The quantitative estimate of drug-likeness (QED) is 0.810. The molecule has 1 aromatic rings. The van der Waals surface area contributed by atoms with Gasteiger partial charge in [-0.2, -0.15) is 0 Å². The number of carbonyl (C=O) groups is 1. The Balaban J connectivity index is 2.23. The number of nitrogens with one attached hydrogen (secondary N) is 1. The molecule has 116 valence electrons. The molecule has 1 aliphatic rings. The first-order valence-electron chi connectivity index (χ1n) is 7.94. The van der Waals surface area contributed by atoms with Crippen LogP contribution in [0.1, 0.15) is 45.1 Å². The molecule has 0 atom stereocenters. The highest BCUT2D eigenvalue weighted by atomic mass is 16.1. The maximum Gasteiger partial charge on any atom is 0.236 e. The number of anilines is 1. The molecule has 21 heavy (non-hydrogen) atoms. The third-order valence-electron chi connectivity index (χ3n) is 4.09. The minimum Gasteiger partial charge on any atom is -0.368 e. The summed E-state index contributed by atoms with van der Waals surface area (Å²) in [6.45, 7) is 5.40. The summed E-state index contributed by atoms with van der Waals surface area (Å²) in [6, 6.07) is 9.22. The van der Waals surface area contributed by atoms with Gasteiger partial charge in [0.05, 0.1) is 6.54 Å². The standard InChI is InChI=1S/C17H27N3O/c1-13(2)19-11-14-7-3-6-10-16(14)20(12-17(18)21)15-8-4-5-9-15/h3,6-7,10,13,15,19H,4-5,8-9,11-12H2,1-2H3,(H2,18,21). The van der Waals surface area contributed by atoms with E-state index < -0.39 is 0 Å². The fourth-order valence-electron chi connectivity index (χ4n) is 3.05. The number of hydrogen-bond donors (Lipinski definition) is 2. The summed E-state index contributed by atoms with van der Waals surface area (Å²) in [7, 11) is 0. The van der Waals surface area contributed by atoms with Crippen molar-refractivity contribution in [2.75, 3.05) is 11.4 Å². The second-order valence-electron chi connectivity index (χ2n) is 6.20. The van der Waals surface area contributed by atoms with Crippen LogP contribution in [0, 0.1) is 0 Å². The smallest absolute Gasteiger partial charge is 0.236 e. The first kappa shape index (κ1) is 15.8. The van der Waals surface area contributed by atoms with Crippen LogP contribution in [0.3, 0.4) is 0 Å². The highest BCUT2D eigenvalue weighted by Gasteiger charge is 2.25. The zero-order valence-electron chi connectivity index (χ0n) is 13.1. The summed E-state index contributed by atoms with van der Waals surface area (Å²) in [6.07, 6.45) is 4.79. The lowest BCUT2D eigenvalue weighted by Gasteiger charge is -2.32. The van der Waals surface area contributed by atoms with Crippen molar-refractivity contribution in [3.8, 4) is 0 Å². The summed E-state index contributed by atoms with van der Waals surface area (Å²) in [5, 5.41) is 3.46. The molecule has 1 aliphatic carbocycles. The second kappa shape index (κ2) is 7.46. The average Bonchev–Trinajstić information content (AvgIpc) is 2.96. The molecule has 0 spiro atoms. The van der Waals surface area contributed by atoms with Crippen molar-refractivity contribution in [2.45, 2.75) is 58.2 Å². The van der Waals surface area contributed by atoms with E-state index in [1.54, 1.807) is 0 Å². The number of hydrogen-bond acceptors (Lipinski definition) is 3. The van der Waals surface area contributed by atoms with Gasteiger partial charge < -0.3 is 16.0 Å². The second-order valence-corrected chi connectivity index (χ2v) is 6.20. The fourth-order valence-corrected chi connectivity index (χ4v) is 3.05. The van der Waals surface area contributed by atoms with Gasteiger partial charge in [0.2, 0.25) is 5.91 Å². The van der Waals surface area contributed by atoms with Crippen LogP contribution in [-0.4, -0.2) is 24.5 Å². The molecule has 0 heterocycles. The summed E-state index contributed by atoms with van der Waals surface area (Å²) in [4.78, 5) is 13.7. The van der Waals surface area contributed by atoms with E-state index in [1.807, 2.05) is 6.07 Å². The summed E-state index contributed by atoms with van der Waals surface area (Å²) in [5.41, 5.74) is 7.86. The molecule has 0 unspecified atom stereocenters. The van der Waals surface area contributed by atoms with Crippen LogP contribution in [-0.2, 0) is 11.3 Å². The number of rotatable bonds is 7. The van der Waals surface area contributed by atoms with E-state index >= 15 is 0 Å².